The summed E-state index contributed by atoms with van der Waals surface area (Å²) in [6.07, 6.45) is 1.29. The fraction of sp³-hybridized carbons (Fsp3) is 0.214. The predicted molar refractivity (Wildman–Crippen MR) is 154 cm³/mol. The van der Waals surface area contributed by atoms with E-state index in [-0.39, 0.29) is 17.0 Å². The van der Waals surface area contributed by atoms with E-state index in [1.807, 2.05) is 39.8 Å². The number of rotatable bonds is 7. The molecule has 0 saturated heterocycles. The number of nitrogens with zero attached hydrogens (tertiary/aromatic N) is 4. The van der Waals surface area contributed by atoms with Gasteiger partial charge in [-0.15, -0.1) is 0 Å². The van der Waals surface area contributed by atoms with E-state index in [9.17, 15) is 19.7 Å². The number of anilines is 1. The zero-order chi connectivity index (χ0) is 28.3. The summed E-state index contributed by atoms with van der Waals surface area (Å²) in [5, 5.41) is 19.2. The highest BCUT2D eigenvalue weighted by Crippen LogP contribution is 2.30. The van der Waals surface area contributed by atoms with Crippen molar-refractivity contribution in [1.29, 1.82) is 0 Å². The Kier molecular flexibility index (Phi) is 7.91. The third kappa shape index (κ3) is 6.37. The van der Waals surface area contributed by atoms with Gasteiger partial charge in [0.15, 0.2) is 6.61 Å². The molecule has 1 N–H and O–H groups in total. The average Bonchev–Trinajstić information content (AvgIpc) is 2.88. The van der Waals surface area contributed by atoms with Crippen molar-refractivity contribution in [2.45, 2.75) is 33.1 Å². The van der Waals surface area contributed by atoms with Gasteiger partial charge < -0.3 is 10.1 Å². The van der Waals surface area contributed by atoms with Gasteiger partial charge in [0.2, 0.25) is 5.75 Å². The van der Waals surface area contributed by atoms with Crippen LogP contribution >= 0.6 is 15.9 Å². The Morgan fingerprint density at radius 3 is 2.56 bits per heavy atom. The normalized spacial score (nSPS) is 11.6. The number of carbonyl (C=O) groups excluding carboxylic acids is 1. The molecule has 200 valence electrons. The van der Waals surface area contributed by atoms with Crippen LogP contribution in [0, 0.1) is 17.0 Å². The third-order valence-electron chi connectivity index (χ3n) is 5.70. The van der Waals surface area contributed by atoms with Crippen molar-refractivity contribution in [3.63, 3.8) is 0 Å². The van der Waals surface area contributed by atoms with Gasteiger partial charge in [-0.3, -0.25) is 19.7 Å². The number of ether oxygens (including phenoxy) is 1. The number of aryl methyl sites for hydroxylation is 1. The van der Waals surface area contributed by atoms with Crippen LogP contribution in [-0.4, -0.2) is 33.3 Å². The van der Waals surface area contributed by atoms with Gasteiger partial charge in [-0.1, -0.05) is 60.5 Å². The zero-order valence-electron chi connectivity index (χ0n) is 21.8. The number of benzene rings is 3. The van der Waals surface area contributed by atoms with E-state index in [0.717, 1.165) is 5.56 Å². The molecule has 0 unspecified atom stereocenters. The maximum absolute atomic E-state index is 13.4. The SMILES string of the molecule is Cc1ccc(NC(=O)COc2c(C=Nn3c(C(C)(C)C)nc4ccc(Br)cc4c3=O)cccc2[N+](=O)[O-])cc1. The Balaban J connectivity index is 1.71. The molecule has 0 atom stereocenters. The summed E-state index contributed by atoms with van der Waals surface area (Å²) in [5.41, 5.74) is 1.07. The molecule has 0 aliphatic carbocycles. The number of carbonyl (C=O) groups is 1. The summed E-state index contributed by atoms with van der Waals surface area (Å²) in [4.78, 5) is 41.7. The van der Waals surface area contributed by atoms with Gasteiger partial charge in [0.1, 0.15) is 5.82 Å². The lowest BCUT2D eigenvalue weighted by molar-refractivity contribution is -0.385. The molecular formula is C28H26BrN5O5. The molecule has 0 aliphatic rings. The number of nitro benzene ring substituents is 1. The highest BCUT2D eigenvalue weighted by atomic mass is 79.9. The number of para-hydroxylation sites is 1. The fourth-order valence-corrected chi connectivity index (χ4v) is 4.14. The summed E-state index contributed by atoms with van der Waals surface area (Å²) < 4.78 is 7.53. The van der Waals surface area contributed by atoms with E-state index in [2.05, 4.69) is 31.3 Å². The van der Waals surface area contributed by atoms with Crippen molar-refractivity contribution in [2.24, 2.45) is 5.10 Å². The molecular weight excluding hydrogens is 566 g/mol. The summed E-state index contributed by atoms with van der Waals surface area (Å²) >= 11 is 3.38. The number of hydrogen-bond donors (Lipinski definition) is 1. The Morgan fingerprint density at radius 1 is 1.18 bits per heavy atom. The lowest BCUT2D eigenvalue weighted by Gasteiger charge is -2.21. The molecule has 0 spiro atoms. The van der Waals surface area contributed by atoms with E-state index in [1.165, 1.54) is 23.0 Å². The second-order valence-electron chi connectivity index (χ2n) is 9.86. The van der Waals surface area contributed by atoms with Crippen molar-refractivity contribution in [3.05, 3.63) is 103 Å². The van der Waals surface area contributed by atoms with Crippen molar-refractivity contribution < 1.29 is 14.5 Å². The fourth-order valence-electron chi connectivity index (χ4n) is 3.78. The molecule has 3 aromatic carbocycles. The van der Waals surface area contributed by atoms with E-state index < -0.39 is 28.4 Å². The Morgan fingerprint density at radius 2 is 1.90 bits per heavy atom. The Bertz CT molecular complexity index is 1660. The number of nitro groups is 1. The van der Waals surface area contributed by atoms with E-state index in [0.29, 0.717) is 26.9 Å². The van der Waals surface area contributed by atoms with Crippen LogP contribution in [0.5, 0.6) is 5.75 Å². The highest BCUT2D eigenvalue weighted by Gasteiger charge is 2.24. The maximum Gasteiger partial charge on any atom is 0.311 e. The average molecular weight is 592 g/mol. The molecule has 4 aromatic rings. The zero-order valence-corrected chi connectivity index (χ0v) is 23.4. The number of aromatic nitrogens is 2. The van der Waals surface area contributed by atoms with Gasteiger partial charge in [0.25, 0.3) is 11.5 Å². The number of fused-ring (bicyclic) bond motifs is 1. The van der Waals surface area contributed by atoms with E-state index in [4.69, 9.17) is 4.74 Å². The topological polar surface area (TPSA) is 129 Å². The molecule has 1 amide bonds. The third-order valence-corrected chi connectivity index (χ3v) is 6.19. The molecule has 0 fully saturated rings. The van der Waals surface area contributed by atoms with Crippen molar-refractivity contribution in [2.75, 3.05) is 11.9 Å². The monoisotopic (exact) mass is 591 g/mol. The van der Waals surface area contributed by atoms with Crippen LogP contribution in [0.15, 0.2) is 75.0 Å². The van der Waals surface area contributed by atoms with Gasteiger partial charge in [0, 0.05) is 27.2 Å². The van der Waals surface area contributed by atoms with Crippen LogP contribution in [0.3, 0.4) is 0 Å². The van der Waals surface area contributed by atoms with Crippen molar-refractivity contribution >= 4 is 50.3 Å². The molecule has 0 aliphatic heterocycles. The van der Waals surface area contributed by atoms with Crippen LogP contribution in [0.2, 0.25) is 0 Å². The minimum absolute atomic E-state index is 0.146. The summed E-state index contributed by atoms with van der Waals surface area (Å²) in [7, 11) is 0. The number of amides is 1. The first-order chi connectivity index (χ1) is 18.4. The number of halogens is 1. The first-order valence-electron chi connectivity index (χ1n) is 12.0. The van der Waals surface area contributed by atoms with E-state index >= 15 is 0 Å². The largest absolute Gasteiger partial charge is 0.476 e. The minimum atomic E-state index is -0.605. The Hall–Kier alpha value is -4.38. The molecule has 1 aromatic heterocycles. The summed E-state index contributed by atoms with van der Waals surface area (Å²) in [5.74, 6) is -0.230. The summed E-state index contributed by atoms with van der Waals surface area (Å²) in [6, 6.07) is 16.7. The van der Waals surface area contributed by atoms with Crippen LogP contribution in [-0.2, 0) is 10.2 Å². The maximum atomic E-state index is 13.4. The molecule has 39 heavy (non-hydrogen) atoms. The summed E-state index contributed by atoms with van der Waals surface area (Å²) in [6.45, 7) is 7.16. The second-order valence-corrected chi connectivity index (χ2v) is 10.8. The molecule has 0 bridgehead atoms. The van der Waals surface area contributed by atoms with Gasteiger partial charge in [0.05, 0.1) is 22.0 Å². The molecule has 4 rings (SSSR count). The molecule has 11 heteroatoms. The van der Waals surface area contributed by atoms with Crippen LogP contribution in [0.4, 0.5) is 11.4 Å². The van der Waals surface area contributed by atoms with Gasteiger partial charge in [-0.05, 0) is 43.3 Å². The molecule has 10 nitrogen and oxygen atoms in total. The van der Waals surface area contributed by atoms with E-state index in [1.54, 1.807) is 36.4 Å². The second kappa shape index (κ2) is 11.2. The molecule has 1 heterocycles. The molecule has 0 saturated carbocycles. The highest BCUT2D eigenvalue weighted by molar-refractivity contribution is 9.10. The first kappa shape index (κ1) is 27.6. The minimum Gasteiger partial charge on any atom is -0.476 e. The quantitative estimate of drug-likeness (QED) is 0.170. The smallest absolute Gasteiger partial charge is 0.311 e. The molecule has 0 radical (unpaired) electrons. The predicted octanol–water partition coefficient (Wildman–Crippen LogP) is 5.57. The number of hydrogen-bond acceptors (Lipinski definition) is 7. The van der Waals surface area contributed by atoms with Gasteiger partial charge >= 0.3 is 5.69 Å². The lowest BCUT2D eigenvalue weighted by atomic mass is 9.95. The van der Waals surface area contributed by atoms with Gasteiger partial charge in [-0.25, -0.2) is 4.98 Å². The Labute approximate surface area is 232 Å². The van der Waals surface area contributed by atoms with Crippen molar-refractivity contribution in [3.8, 4) is 5.75 Å². The van der Waals surface area contributed by atoms with Crippen LogP contribution in [0.1, 0.15) is 37.7 Å². The lowest BCUT2D eigenvalue weighted by Crippen LogP contribution is -2.29. The standard InChI is InChI=1S/C28H26BrN5O5/c1-17-8-11-20(12-9-17)31-24(35)16-39-25-18(6-5-7-23(25)34(37)38)15-30-33-26(36)21-14-19(29)10-13-22(21)32-27(33)28(2,3)4/h5-15H,16H2,1-4H3,(H,31,35). The number of nitrogens with one attached hydrogen (secondary N) is 1. The first-order valence-corrected chi connectivity index (χ1v) is 12.8. The van der Waals surface area contributed by atoms with Crippen LogP contribution < -0.4 is 15.6 Å². The van der Waals surface area contributed by atoms with Gasteiger partial charge in [-0.2, -0.15) is 9.78 Å². The van der Waals surface area contributed by atoms with Crippen molar-refractivity contribution in [1.82, 2.24) is 9.66 Å². The van der Waals surface area contributed by atoms with Crippen LogP contribution in [0.25, 0.3) is 10.9 Å².